The number of halogens is 2. The zero-order chi connectivity index (χ0) is 15.9. The zero-order valence-electron chi connectivity index (χ0n) is 12.9. The first-order valence-electron chi connectivity index (χ1n) is 8.17. The number of aromatic nitrogens is 2. The van der Waals surface area contributed by atoms with Gasteiger partial charge in [-0.25, -0.2) is 18.7 Å². The minimum Gasteiger partial charge on any atom is -0.355 e. The number of fused-ring (bicyclic) bond motifs is 1. The molecule has 6 heteroatoms. The van der Waals surface area contributed by atoms with Crippen molar-refractivity contribution in [3.8, 4) is 0 Å². The van der Waals surface area contributed by atoms with Crippen molar-refractivity contribution >= 4 is 16.7 Å². The van der Waals surface area contributed by atoms with Gasteiger partial charge in [-0.3, -0.25) is 0 Å². The molecule has 0 saturated carbocycles. The van der Waals surface area contributed by atoms with E-state index in [9.17, 15) is 8.78 Å². The molecule has 1 aromatic carbocycles. The van der Waals surface area contributed by atoms with Crippen LogP contribution in [0.3, 0.4) is 0 Å². The van der Waals surface area contributed by atoms with Crippen LogP contribution in [0.5, 0.6) is 0 Å². The molecule has 0 amide bonds. The summed E-state index contributed by atoms with van der Waals surface area (Å²) >= 11 is 0. The van der Waals surface area contributed by atoms with Gasteiger partial charge in [0.15, 0.2) is 5.82 Å². The summed E-state index contributed by atoms with van der Waals surface area (Å²) in [4.78, 5) is 10.4. The number of benzene rings is 1. The van der Waals surface area contributed by atoms with Crippen LogP contribution < -0.4 is 10.2 Å². The van der Waals surface area contributed by atoms with E-state index in [0.29, 0.717) is 11.3 Å². The van der Waals surface area contributed by atoms with Crippen LogP contribution in [0.25, 0.3) is 10.9 Å². The smallest absolute Gasteiger partial charge is 0.297 e. The van der Waals surface area contributed by atoms with Gasteiger partial charge in [0.1, 0.15) is 5.82 Å². The van der Waals surface area contributed by atoms with E-state index in [4.69, 9.17) is 0 Å². The van der Waals surface area contributed by atoms with Crippen molar-refractivity contribution < 1.29 is 8.78 Å². The molecule has 2 aromatic rings. The lowest BCUT2D eigenvalue weighted by Crippen LogP contribution is -2.45. The van der Waals surface area contributed by atoms with Gasteiger partial charge < -0.3 is 10.2 Å². The number of para-hydroxylation sites is 1. The molecule has 2 aliphatic rings. The van der Waals surface area contributed by atoms with Crippen LogP contribution in [0, 0.1) is 5.41 Å². The van der Waals surface area contributed by atoms with E-state index in [1.807, 2.05) is 18.2 Å². The quantitative estimate of drug-likeness (QED) is 0.923. The van der Waals surface area contributed by atoms with Crippen LogP contribution in [-0.2, 0) is 0 Å². The molecule has 2 aliphatic heterocycles. The largest absolute Gasteiger partial charge is 0.355 e. The highest BCUT2D eigenvalue weighted by atomic mass is 19.3. The maximum absolute atomic E-state index is 13.2. The summed E-state index contributed by atoms with van der Waals surface area (Å²) in [5, 5.41) is 4.30. The molecule has 2 saturated heterocycles. The topological polar surface area (TPSA) is 41.1 Å². The lowest BCUT2D eigenvalue weighted by atomic mass is 9.79. The monoisotopic (exact) mass is 318 g/mol. The minimum absolute atomic E-state index is 0.259. The number of nitrogens with one attached hydrogen (secondary N) is 1. The third-order valence-electron chi connectivity index (χ3n) is 5.09. The molecule has 122 valence electrons. The fraction of sp³-hybridized carbons (Fsp3) is 0.529. The lowest BCUT2D eigenvalue weighted by molar-refractivity contribution is 0.140. The fourth-order valence-electron chi connectivity index (χ4n) is 3.95. The Hall–Kier alpha value is -1.82. The molecule has 1 unspecified atom stereocenters. The second-order valence-electron chi connectivity index (χ2n) is 6.68. The van der Waals surface area contributed by atoms with E-state index in [0.717, 1.165) is 44.4 Å². The Labute approximate surface area is 133 Å². The van der Waals surface area contributed by atoms with Gasteiger partial charge in [0.25, 0.3) is 6.43 Å². The van der Waals surface area contributed by atoms with Gasteiger partial charge in [0, 0.05) is 30.4 Å². The molecule has 4 nitrogen and oxygen atoms in total. The first kappa shape index (κ1) is 14.8. The van der Waals surface area contributed by atoms with Crippen molar-refractivity contribution in [2.75, 3.05) is 31.1 Å². The van der Waals surface area contributed by atoms with Gasteiger partial charge >= 0.3 is 0 Å². The Morgan fingerprint density at radius 1 is 1.17 bits per heavy atom. The Bertz CT molecular complexity index is 713. The summed E-state index contributed by atoms with van der Waals surface area (Å²) < 4.78 is 26.4. The highest BCUT2D eigenvalue weighted by Crippen LogP contribution is 2.38. The number of rotatable bonds is 2. The van der Waals surface area contributed by atoms with Gasteiger partial charge in [0.2, 0.25) is 0 Å². The molecule has 1 spiro atoms. The minimum atomic E-state index is -2.65. The van der Waals surface area contributed by atoms with Crippen LogP contribution in [0.1, 0.15) is 31.5 Å². The van der Waals surface area contributed by atoms with E-state index >= 15 is 0 Å². The highest BCUT2D eigenvalue weighted by Gasteiger charge is 2.38. The van der Waals surface area contributed by atoms with E-state index in [2.05, 4.69) is 20.2 Å². The molecule has 3 heterocycles. The Kier molecular flexibility index (Phi) is 3.64. The predicted molar refractivity (Wildman–Crippen MR) is 85.9 cm³/mol. The normalized spacial score (nSPS) is 24.9. The maximum atomic E-state index is 13.2. The van der Waals surface area contributed by atoms with Crippen LogP contribution in [0.2, 0.25) is 0 Å². The van der Waals surface area contributed by atoms with Crippen molar-refractivity contribution in [2.24, 2.45) is 5.41 Å². The average molecular weight is 318 g/mol. The molecule has 0 bridgehead atoms. The van der Waals surface area contributed by atoms with E-state index in [-0.39, 0.29) is 11.2 Å². The van der Waals surface area contributed by atoms with Crippen LogP contribution in [-0.4, -0.2) is 36.1 Å². The number of piperidine rings is 1. The van der Waals surface area contributed by atoms with Crippen molar-refractivity contribution in [2.45, 2.75) is 25.7 Å². The van der Waals surface area contributed by atoms with Crippen molar-refractivity contribution in [3.63, 3.8) is 0 Å². The molecule has 1 N–H and O–H groups in total. The molecule has 1 atom stereocenters. The summed E-state index contributed by atoms with van der Waals surface area (Å²) in [5.41, 5.74) is 0.854. The number of anilines is 1. The first-order valence-corrected chi connectivity index (χ1v) is 8.17. The summed E-state index contributed by atoms with van der Waals surface area (Å²) in [6.07, 6.45) is 0.768. The third-order valence-corrected chi connectivity index (χ3v) is 5.09. The predicted octanol–water partition coefficient (Wildman–Crippen LogP) is 3.15. The summed E-state index contributed by atoms with van der Waals surface area (Å²) in [7, 11) is 0. The van der Waals surface area contributed by atoms with Crippen LogP contribution in [0.4, 0.5) is 14.6 Å². The van der Waals surface area contributed by atoms with Gasteiger partial charge in [-0.2, -0.15) is 0 Å². The fourth-order valence-corrected chi connectivity index (χ4v) is 3.95. The molecule has 4 rings (SSSR count). The van der Waals surface area contributed by atoms with Gasteiger partial charge in [-0.15, -0.1) is 0 Å². The molecule has 23 heavy (non-hydrogen) atoms. The summed E-state index contributed by atoms with van der Waals surface area (Å²) in [6.45, 7) is 3.80. The van der Waals surface area contributed by atoms with Crippen molar-refractivity contribution in [3.05, 3.63) is 30.1 Å². The molecular formula is C17H20F2N4. The van der Waals surface area contributed by atoms with Crippen LogP contribution in [0.15, 0.2) is 24.3 Å². The second kappa shape index (κ2) is 5.67. The van der Waals surface area contributed by atoms with Gasteiger partial charge in [-0.05, 0) is 37.9 Å². The SMILES string of the molecule is FC(F)c1nc(N2CCCC3(CCNC3)C2)c2ccccc2n1. The molecular weight excluding hydrogens is 298 g/mol. The van der Waals surface area contributed by atoms with Crippen molar-refractivity contribution in [1.82, 2.24) is 15.3 Å². The number of nitrogens with zero attached hydrogens (tertiary/aromatic N) is 3. The number of alkyl halides is 2. The van der Waals surface area contributed by atoms with E-state index in [1.54, 1.807) is 6.07 Å². The molecule has 2 fully saturated rings. The number of hydrogen-bond donors (Lipinski definition) is 1. The maximum Gasteiger partial charge on any atom is 0.297 e. The highest BCUT2D eigenvalue weighted by molar-refractivity contribution is 5.89. The Balaban J connectivity index is 1.77. The van der Waals surface area contributed by atoms with E-state index in [1.165, 1.54) is 6.42 Å². The third kappa shape index (κ3) is 2.65. The zero-order valence-corrected chi connectivity index (χ0v) is 12.9. The Morgan fingerprint density at radius 3 is 2.83 bits per heavy atom. The molecule has 0 aliphatic carbocycles. The molecule has 0 radical (unpaired) electrons. The van der Waals surface area contributed by atoms with E-state index < -0.39 is 6.43 Å². The summed E-state index contributed by atoms with van der Waals surface area (Å²) in [6, 6.07) is 7.44. The standard InChI is InChI=1S/C17H20F2N4/c18-14(19)15-21-13-5-2-1-4-12(13)16(22-15)23-9-3-6-17(11-23)7-8-20-10-17/h1-2,4-5,14,20H,3,6-11H2. The second-order valence-corrected chi connectivity index (χ2v) is 6.68. The van der Waals surface area contributed by atoms with Gasteiger partial charge in [0.05, 0.1) is 5.52 Å². The first-order chi connectivity index (χ1) is 11.2. The summed E-state index contributed by atoms with van der Waals surface area (Å²) in [5.74, 6) is 0.291. The Morgan fingerprint density at radius 2 is 2.04 bits per heavy atom. The van der Waals surface area contributed by atoms with Crippen molar-refractivity contribution in [1.29, 1.82) is 0 Å². The van der Waals surface area contributed by atoms with Gasteiger partial charge in [-0.1, -0.05) is 12.1 Å². The lowest BCUT2D eigenvalue weighted by Gasteiger charge is -2.41. The van der Waals surface area contributed by atoms with Crippen LogP contribution >= 0.6 is 0 Å². The number of hydrogen-bond acceptors (Lipinski definition) is 4. The molecule has 1 aromatic heterocycles. The average Bonchev–Trinajstić information content (AvgIpc) is 3.01.